The molecule has 2 aromatic carbocycles. The molecule has 5 nitrogen and oxygen atoms in total. The average molecular weight is 442 g/mol. The van der Waals surface area contributed by atoms with Crippen LogP contribution in [0.5, 0.6) is 5.75 Å². The van der Waals surface area contributed by atoms with E-state index in [0.717, 1.165) is 10.4 Å². The van der Waals surface area contributed by atoms with Crippen LogP contribution < -0.4 is 9.64 Å². The molecule has 0 unspecified atom stereocenters. The second-order valence-corrected chi connectivity index (χ2v) is 7.91. The number of nitrogens with zero attached hydrogens (tertiary/aromatic N) is 3. The van der Waals surface area contributed by atoms with E-state index in [4.69, 9.17) is 16.3 Å². The van der Waals surface area contributed by atoms with Gasteiger partial charge in [0.05, 0.1) is 35.5 Å². The summed E-state index contributed by atoms with van der Waals surface area (Å²) in [6.07, 6.45) is 1.78. The molecule has 152 valence electrons. The van der Waals surface area contributed by atoms with Crippen LogP contribution in [0.25, 0.3) is 10.2 Å². The summed E-state index contributed by atoms with van der Waals surface area (Å²) in [6, 6.07) is 14.9. The summed E-state index contributed by atoms with van der Waals surface area (Å²) in [5, 5.41) is 1.03. The number of methoxy groups -OCH3 is 1. The van der Waals surface area contributed by atoms with E-state index in [2.05, 4.69) is 9.97 Å². The van der Waals surface area contributed by atoms with Gasteiger partial charge in [-0.3, -0.25) is 14.7 Å². The number of anilines is 1. The van der Waals surface area contributed by atoms with Crippen molar-refractivity contribution in [3.05, 3.63) is 82.9 Å². The SMILES string of the molecule is COc1ccc(Cl)c2sc(N(Cc3ccccn3)C(=O)Cc3ccc(F)cc3)nc12. The third kappa shape index (κ3) is 4.27. The van der Waals surface area contributed by atoms with Crippen LogP contribution in [-0.2, 0) is 17.8 Å². The number of aromatic nitrogens is 2. The van der Waals surface area contributed by atoms with E-state index in [9.17, 15) is 9.18 Å². The number of amides is 1. The number of rotatable bonds is 6. The van der Waals surface area contributed by atoms with Crippen LogP contribution in [0.15, 0.2) is 60.8 Å². The van der Waals surface area contributed by atoms with Crippen molar-refractivity contribution >= 4 is 44.2 Å². The maximum Gasteiger partial charge on any atom is 0.233 e. The Hall–Kier alpha value is -3.03. The highest BCUT2D eigenvalue weighted by Gasteiger charge is 2.23. The fourth-order valence-corrected chi connectivity index (χ4v) is 4.28. The van der Waals surface area contributed by atoms with E-state index < -0.39 is 0 Å². The molecule has 2 aromatic heterocycles. The predicted molar refractivity (Wildman–Crippen MR) is 117 cm³/mol. The Morgan fingerprint density at radius 3 is 2.67 bits per heavy atom. The van der Waals surface area contributed by atoms with E-state index in [1.807, 2.05) is 18.2 Å². The van der Waals surface area contributed by atoms with Crippen molar-refractivity contribution in [2.24, 2.45) is 0 Å². The molecule has 4 rings (SSSR count). The number of carbonyl (C=O) groups is 1. The Bertz CT molecular complexity index is 1180. The van der Waals surface area contributed by atoms with Crippen molar-refractivity contribution in [1.29, 1.82) is 0 Å². The standard InChI is InChI=1S/C22H17ClFN3O2S/c1-29-18-10-9-17(23)21-20(18)26-22(30-21)27(13-16-4-2-3-11-25-16)19(28)12-14-5-7-15(24)8-6-14/h2-11H,12-13H2,1H3. The number of benzene rings is 2. The van der Waals surface area contributed by atoms with Gasteiger partial charge in [-0.25, -0.2) is 9.37 Å². The molecule has 2 heterocycles. The zero-order valence-corrected chi connectivity index (χ0v) is 17.6. The summed E-state index contributed by atoms with van der Waals surface area (Å²) in [5.74, 6) is 0.0616. The first-order valence-corrected chi connectivity index (χ1v) is 10.3. The van der Waals surface area contributed by atoms with Gasteiger partial charge in [0.25, 0.3) is 0 Å². The van der Waals surface area contributed by atoms with Crippen LogP contribution in [-0.4, -0.2) is 23.0 Å². The smallest absolute Gasteiger partial charge is 0.233 e. The molecule has 0 aliphatic carbocycles. The molecule has 0 saturated heterocycles. The van der Waals surface area contributed by atoms with Gasteiger partial charge in [0.15, 0.2) is 5.13 Å². The topological polar surface area (TPSA) is 55.3 Å². The molecule has 0 N–H and O–H groups in total. The minimum Gasteiger partial charge on any atom is -0.494 e. The van der Waals surface area contributed by atoms with Crippen LogP contribution in [0.3, 0.4) is 0 Å². The van der Waals surface area contributed by atoms with E-state index in [1.54, 1.807) is 42.5 Å². The molecule has 4 aromatic rings. The molecule has 0 radical (unpaired) electrons. The third-order valence-electron chi connectivity index (χ3n) is 4.51. The first-order chi connectivity index (χ1) is 14.5. The molecule has 0 aliphatic rings. The molecule has 0 fully saturated rings. The van der Waals surface area contributed by atoms with Crippen LogP contribution >= 0.6 is 22.9 Å². The normalized spacial score (nSPS) is 10.9. The molecular weight excluding hydrogens is 425 g/mol. The molecule has 30 heavy (non-hydrogen) atoms. The Kier molecular flexibility index (Phi) is 5.92. The highest BCUT2D eigenvalue weighted by molar-refractivity contribution is 7.23. The second kappa shape index (κ2) is 8.77. The summed E-state index contributed by atoms with van der Waals surface area (Å²) in [6.45, 7) is 0.251. The van der Waals surface area contributed by atoms with Gasteiger partial charge in [0, 0.05) is 6.20 Å². The second-order valence-electron chi connectivity index (χ2n) is 6.53. The molecule has 0 bridgehead atoms. The third-order valence-corrected chi connectivity index (χ3v) is 6.05. The van der Waals surface area contributed by atoms with Crippen molar-refractivity contribution in [3.8, 4) is 5.75 Å². The molecule has 0 atom stereocenters. The zero-order chi connectivity index (χ0) is 21.1. The lowest BCUT2D eigenvalue weighted by Crippen LogP contribution is -2.32. The summed E-state index contributed by atoms with van der Waals surface area (Å²) in [7, 11) is 1.56. The van der Waals surface area contributed by atoms with Crippen molar-refractivity contribution < 1.29 is 13.9 Å². The monoisotopic (exact) mass is 441 g/mol. The van der Waals surface area contributed by atoms with Gasteiger partial charge in [-0.2, -0.15) is 0 Å². The number of hydrogen-bond donors (Lipinski definition) is 0. The van der Waals surface area contributed by atoms with Gasteiger partial charge in [0.2, 0.25) is 5.91 Å². The fraction of sp³-hybridized carbons (Fsp3) is 0.136. The lowest BCUT2D eigenvalue weighted by molar-refractivity contribution is -0.118. The molecule has 1 amide bonds. The van der Waals surface area contributed by atoms with Crippen LogP contribution in [0.2, 0.25) is 5.02 Å². The lowest BCUT2D eigenvalue weighted by Gasteiger charge is -2.19. The maximum absolute atomic E-state index is 13.2. The maximum atomic E-state index is 13.2. The highest BCUT2D eigenvalue weighted by Crippen LogP contribution is 2.39. The van der Waals surface area contributed by atoms with Crippen LogP contribution in [0, 0.1) is 5.82 Å². The minimum absolute atomic E-state index is 0.105. The van der Waals surface area contributed by atoms with Gasteiger partial charge in [-0.1, -0.05) is 41.1 Å². The van der Waals surface area contributed by atoms with E-state index in [-0.39, 0.29) is 24.7 Å². The summed E-state index contributed by atoms with van der Waals surface area (Å²) < 4.78 is 19.4. The van der Waals surface area contributed by atoms with E-state index in [1.165, 1.54) is 23.5 Å². The molecule has 0 aliphatic heterocycles. The number of pyridine rings is 1. The molecule has 8 heteroatoms. The summed E-state index contributed by atoms with van der Waals surface area (Å²) in [4.78, 5) is 23.8. The minimum atomic E-state index is -0.343. The average Bonchev–Trinajstić information content (AvgIpc) is 3.21. The number of halogens is 2. The van der Waals surface area contributed by atoms with Crippen molar-refractivity contribution in [1.82, 2.24) is 9.97 Å². The number of carbonyl (C=O) groups excluding carboxylic acids is 1. The van der Waals surface area contributed by atoms with Crippen LogP contribution in [0.1, 0.15) is 11.3 Å². The quantitative estimate of drug-likeness (QED) is 0.409. The van der Waals surface area contributed by atoms with Crippen molar-refractivity contribution in [2.45, 2.75) is 13.0 Å². The van der Waals surface area contributed by atoms with Crippen LogP contribution in [0.4, 0.5) is 9.52 Å². The molecule has 0 saturated carbocycles. The zero-order valence-electron chi connectivity index (χ0n) is 16.0. The van der Waals surface area contributed by atoms with Gasteiger partial charge in [0.1, 0.15) is 17.1 Å². The lowest BCUT2D eigenvalue weighted by atomic mass is 10.1. The summed E-state index contributed by atoms with van der Waals surface area (Å²) >= 11 is 7.67. The predicted octanol–water partition coefficient (Wildman–Crippen LogP) is 5.27. The van der Waals surface area contributed by atoms with Gasteiger partial charge >= 0.3 is 0 Å². The first kappa shape index (κ1) is 20.3. The first-order valence-electron chi connectivity index (χ1n) is 9.13. The molecule has 0 spiro atoms. The Labute approximate surface area is 181 Å². The Balaban J connectivity index is 1.73. The van der Waals surface area contributed by atoms with Gasteiger partial charge in [-0.15, -0.1) is 0 Å². The number of fused-ring (bicyclic) bond motifs is 1. The van der Waals surface area contributed by atoms with E-state index in [0.29, 0.717) is 27.0 Å². The van der Waals surface area contributed by atoms with E-state index >= 15 is 0 Å². The Morgan fingerprint density at radius 1 is 1.17 bits per heavy atom. The van der Waals surface area contributed by atoms with Gasteiger partial charge in [-0.05, 0) is 42.0 Å². The van der Waals surface area contributed by atoms with Crippen molar-refractivity contribution in [3.63, 3.8) is 0 Å². The van der Waals surface area contributed by atoms with Crippen molar-refractivity contribution in [2.75, 3.05) is 12.0 Å². The highest BCUT2D eigenvalue weighted by atomic mass is 35.5. The Morgan fingerprint density at radius 2 is 1.97 bits per heavy atom. The molecular formula is C22H17ClFN3O2S. The number of ether oxygens (including phenoxy) is 1. The fourth-order valence-electron chi connectivity index (χ4n) is 3.01. The summed E-state index contributed by atoms with van der Waals surface area (Å²) in [5.41, 5.74) is 2.04. The largest absolute Gasteiger partial charge is 0.494 e. The number of thiazole rings is 1. The number of hydrogen-bond acceptors (Lipinski definition) is 5. The van der Waals surface area contributed by atoms with Gasteiger partial charge < -0.3 is 4.74 Å².